The second-order valence-electron chi connectivity index (χ2n) is 4.39. The molecule has 0 spiro atoms. The van der Waals surface area contributed by atoms with Gasteiger partial charge in [-0.05, 0) is 38.5 Å². The Balaban J connectivity index is 2.75. The van der Waals surface area contributed by atoms with E-state index in [9.17, 15) is 10.1 Å². The van der Waals surface area contributed by atoms with Crippen LogP contribution in [0.15, 0.2) is 18.2 Å². The Morgan fingerprint density at radius 3 is 2.47 bits per heavy atom. The first-order chi connectivity index (χ1) is 8.97. The Hall–Kier alpha value is -2.37. The van der Waals surface area contributed by atoms with Crippen LogP contribution < -0.4 is 5.32 Å². The summed E-state index contributed by atoms with van der Waals surface area (Å²) < 4.78 is 1.63. The number of rotatable bonds is 3. The van der Waals surface area contributed by atoms with Crippen molar-refractivity contribution in [3.8, 4) is 5.69 Å². The maximum atomic E-state index is 11.3. The molecule has 19 heavy (non-hydrogen) atoms. The fraction of sp³-hybridized carbons (Fsp3) is 0.308. The summed E-state index contributed by atoms with van der Waals surface area (Å²) in [4.78, 5) is 10.9. The third-order valence-electron chi connectivity index (χ3n) is 3.35. The van der Waals surface area contributed by atoms with Gasteiger partial charge in [-0.2, -0.15) is 5.10 Å². The summed E-state index contributed by atoms with van der Waals surface area (Å²) in [6.45, 7) is 5.76. The first-order valence-electron chi connectivity index (χ1n) is 5.95. The van der Waals surface area contributed by atoms with E-state index in [-0.39, 0.29) is 10.6 Å². The minimum Gasteiger partial charge on any atom is -0.382 e. The van der Waals surface area contributed by atoms with Gasteiger partial charge in [0.1, 0.15) is 11.4 Å². The first-order valence-corrected chi connectivity index (χ1v) is 5.95. The Bertz CT molecular complexity index is 646. The molecule has 0 atom stereocenters. The summed E-state index contributed by atoms with van der Waals surface area (Å²) in [5, 5.41) is 18.5. The van der Waals surface area contributed by atoms with Crippen molar-refractivity contribution in [1.82, 2.24) is 9.78 Å². The normalized spacial score (nSPS) is 10.5. The van der Waals surface area contributed by atoms with Crippen molar-refractivity contribution < 1.29 is 4.92 Å². The number of anilines is 1. The maximum Gasteiger partial charge on any atom is 0.317 e. The lowest BCUT2D eigenvalue weighted by Crippen LogP contribution is -2.06. The fourth-order valence-electron chi connectivity index (χ4n) is 2.05. The van der Waals surface area contributed by atoms with Gasteiger partial charge >= 0.3 is 5.69 Å². The lowest BCUT2D eigenvalue weighted by Gasteiger charge is -2.09. The van der Waals surface area contributed by atoms with Gasteiger partial charge in [0.25, 0.3) is 0 Å². The Morgan fingerprint density at radius 2 is 2.00 bits per heavy atom. The minimum atomic E-state index is -0.382. The second-order valence-corrected chi connectivity index (χ2v) is 4.39. The number of nitrogens with zero attached hydrogens (tertiary/aromatic N) is 3. The molecule has 0 amide bonds. The third kappa shape index (κ3) is 2.05. The minimum absolute atomic E-state index is 0.0376. The molecule has 0 aliphatic heterocycles. The van der Waals surface area contributed by atoms with Crippen LogP contribution in [0.3, 0.4) is 0 Å². The van der Waals surface area contributed by atoms with Crippen molar-refractivity contribution in [2.75, 3.05) is 12.4 Å². The van der Waals surface area contributed by atoms with Crippen LogP contribution in [0.1, 0.15) is 17.0 Å². The number of nitro benzene ring substituents is 1. The number of nitrogens with one attached hydrogen (secondary N) is 1. The molecule has 6 heteroatoms. The van der Waals surface area contributed by atoms with E-state index in [2.05, 4.69) is 10.4 Å². The number of hydrogen-bond acceptors (Lipinski definition) is 4. The molecular formula is C13H16N4O2. The molecule has 1 N–H and O–H groups in total. The molecule has 1 aromatic heterocycles. The van der Waals surface area contributed by atoms with Gasteiger partial charge in [-0.1, -0.05) is 6.07 Å². The van der Waals surface area contributed by atoms with Crippen molar-refractivity contribution >= 4 is 11.4 Å². The Labute approximate surface area is 111 Å². The highest BCUT2D eigenvalue weighted by Gasteiger charge is 2.22. The zero-order valence-electron chi connectivity index (χ0n) is 11.4. The fourth-order valence-corrected chi connectivity index (χ4v) is 2.05. The summed E-state index contributed by atoms with van der Waals surface area (Å²) in [5.41, 5.74) is 3.83. The molecule has 2 aromatic rings. The standard InChI is InChI=1S/C13H16N4O2/c1-8-9(2)15-16(10(8)3)12-7-5-6-11(14-4)13(12)17(18)19/h5-7,14H,1-4H3. The van der Waals surface area contributed by atoms with Crippen LogP contribution in [0.25, 0.3) is 5.69 Å². The topological polar surface area (TPSA) is 73.0 Å². The van der Waals surface area contributed by atoms with Gasteiger partial charge in [-0.3, -0.25) is 10.1 Å². The molecular weight excluding hydrogens is 244 g/mol. The zero-order chi connectivity index (χ0) is 14.2. The third-order valence-corrected chi connectivity index (χ3v) is 3.35. The number of nitro groups is 1. The molecule has 0 bridgehead atoms. The highest BCUT2D eigenvalue weighted by Crippen LogP contribution is 2.32. The highest BCUT2D eigenvalue weighted by molar-refractivity contribution is 5.71. The molecule has 0 aliphatic carbocycles. The van der Waals surface area contributed by atoms with E-state index >= 15 is 0 Å². The number of benzene rings is 1. The van der Waals surface area contributed by atoms with Crippen molar-refractivity contribution in [1.29, 1.82) is 0 Å². The summed E-state index contributed by atoms with van der Waals surface area (Å²) in [6.07, 6.45) is 0. The number of aromatic nitrogens is 2. The van der Waals surface area contributed by atoms with Crippen LogP contribution >= 0.6 is 0 Å². The molecule has 0 aliphatic rings. The molecule has 1 aromatic carbocycles. The quantitative estimate of drug-likeness (QED) is 0.680. The largest absolute Gasteiger partial charge is 0.382 e. The van der Waals surface area contributed by atoms with Gasteiger partial charge in [0, 0.05) is 12.7 Å². The van der Waals surface area contributed by atoms with Gasteiger partial charge in [-0.15, -0.1) is 0 Å². The van der Waals surface area contributed by atoms with Crippen LogP contribution in [-0.2, 0) is 0 Å². The van der Waals surface area contributed by atoms with Crippen molar-refractivity contribution in [2.45, 2.75) is 20.8 Å². The van der Waals surface area contributed by atoms with E-state index in [1.165, 1.54) is 0 Å². The summed E-state index contributed by atoms with van der Waals surface area (Å²) >= 11 is 0. The van der Waals surface area contributed by atoms with E-state index in [4.69, 9.17) is 0 Å². The highest BCUT2D eigenvalue weighted by atomic mass is 16.6. The van der Waals surface area contributed by atoms with Gasteiger partial charge in [0.05, 0.1) is 10.6 Å². The molecule has 0 unspecified atom stereocenters. The van der Waals surface area contributed by atoms with Crippen LogP contribution in [0.2, 0.25) is 0 Å². The number of aryl methyl sites for hydroxylation is 1. The van der Waals surface area contributed by atoms with Crippen LogP contribution in [0.4, 0.5) is 11.4 Å². The van der Waals surface area contributed by atoms with Crippen LogP contribution in [0.5, 0.6) is 0 Å². The summed E-state index contributed by atoms with van der Waals surface area (Å²) in [6, 6.07) is 5.16. The van der Waals surface area contributed by atoms with E-state index in [0.29, 0.717) is 11.4 Å². The lowest BCUT2D eigenvalue weighted by atomic mass is 10.2. The molecule has 1 heterocycles. The monoisotopic (exact) mass is 260 g/mol. The Kier molecular flexibility index (Phi) is 3.25. The molecule has 2 rings (SSSR count). The van der Waals surface area contributed by atoms with Gasteiger partial charge in [0.15, 0.2) is 0 Å². The predicted octanol–water partition coefficient (Wildman–Crippen LogP) is 2.75. The number of hydrogen-bond donors (Lipinski definition) is 1. The predicted molar refractivity (Wildman–Crippen MR) is 74.0 cm³/mol. The van der Waals surface area contributed by atoms with Crippen molar-refractivity contribution in [2.24, 2.45) is 0 Å². The molecule has 0 saturated carbocycles. The van der Waals surface area contributed by atoms with Crippen LogP contribution in [-0.4, -0.2) is 21.8 Å². The van der Waals surface area contributed by atoms with Gasteiger partial charge < -0.3 is 5.32 Å². The Morgan fingerprint density at radius 1 is 1.32 bits per heavy atom. The first kappa shape index (κ1) is 13.1. The van der Waals surface area contributed by atoms with Gasteiger partial charge in [0.2, 0.25) is 0 Å². The molecule has 6 nitrogen and oxygen atoms in total. The van der Waals surface area contributed by atoms with Crippen molar-refractivity contribution in [3.63, 3.8) is 0 Å². The molecule has 0 fully saturated rings. The summed E-state index contributed by atoms with van der Waals surface area (Å²) in [5.74, 6) is 0. The SMILES string of the molecule is CNc1cccc(-n2nc(C)c(C)c2C)c1[N+](=O)[O-]. The number of para-hydroxylation sites is 1. The second kappa shape index (κ2) is 4.72. The van der Waals surface area contributed by atoms with E-state index < -0.39 is 0 Å². The summed E-state index contributed by atoms with van der Waals surface area (Å²) in [7, 11) is 1.67. The zero-order valence-corrected chi connectivity index (χ0v) is 11.4. The van der Waals surface area contributed by atoms with Crippen LogP contribution in [0, 0.1) is 30.9 Å². The maximum absolute atomic E-state index is 11.3. The average Bonchev–Trinajstić information content (AvgIpc) is 2.65. The lowest BCUT2D eigenvalue weighted by molar-refractivity contribution is -0.383. The van der Waals surface area contributed by atoms with E-state index in [1.807, 2.05) is 20.8 Å². The van der Waals surface area contributed by atoms with Gasteiger partial charge in [-0.25, -0.2) is 4.68 Å². The molecule has 0 radical (unpaired) electrons. The molecule has 0 saturated heterocycles. The average molecular weight is 260 g/mol. The van der Waals surface area contributed by atoms with Crippen molar-refractivity contribution in [3.05, 3.63) is 45.3 Å². The van der Waals surface area contributed by atoms with E-state index in [0.717, 1.165) is 17.0 Å². The molecule has 100 valence electrons. The smallest absolute Gasteiger partial charge is 0.317 e. The van der Waals surface area contributed by atoms with E-state index in [1.54, 1.807) is 29.9 Å².